The van der Waals surface area contributed by atoms with Gasteiger partial charge in [-0.3, -0.25) is 23.6 Å². The van der Waals surface area contributed by atoms with E-state index in [1.165, 1.54) is 29.6 Å². The third-order valence-corrected chi connectivity index (χ3v) is 17.1. The van der Waals surface area contributed by atoms with E-state index in [1.807, 2.05) is 128 Å². The molecule has 2 aliphatic heterocycles. The van der Waals surface area contributed by atoms with Crippen molar-refractivity contribution in [2.45, 2.75) is 131 Å². The monoisotopic (exact) mass is 1530 g/mol. The predicted octanol–water partition coefficient (Wildman–Crippen LogP) is 6.45. The van der Waals surface area contributed by atoms with Gasteiger partial charge in [0.25, 0.3) is 6.47 Å². The normalized spacial score (nSPS) is 14.4. The van der Waals surface area contributed by atoms with E-state index in [4.69, 9.17) is 66.2 Å². The van der Waals surface area contributed by atoms with Crippen molar-refractivity contribution in [2.75, 3.05) is 6.54 Å². The number of aromatic nitrogens is 11. The molecule has 3 aromatic carbocycles. The molecular weight excluding hydrogens is 1470 g/mol. The Morgan fingerprint density at radius 1 is 0.727 bits per heavy atom. The molecule has 0 bridgehead atoms. The van der Waals surface area contributed by atoms with Gasteiger partial charge in [0.15, 0.2) is 0 Å². The van der Waals surface area contributed by atoms with Crippen molar-refractivity contribution in [3.8, 4) is 33.8 Å². The van der Waals surface area contributed by atoms with Gasteiger partial charge in [-0.2, -0.15) is 15.3 Å². The fraction of sp³-hybridized carbons (Fsp3) is 0.407. The first-order chi connectivity index (χ1) is 40.6. The number of rotatable bonds is 6. The molecule has 9 heterocycles. The molecule has 10 aromatic rings. The summed E-state index contributed by atoms with van der Waals surface area (Å²) in [6.45, 7) is 24.9. The van der Waals surface area contributed by atoms with Crippen LogP contribution in [0.4, 0.5) is 0 Å². The molecule has 2 fully saturated rings. The maximum absolute atomic E-state index is 12.1. The maximum atomic E-state index is 12.1. The third kappa shape index (κ3) is 16.8. The SMILES string of the molecule is CC(=O)N1CCn2c(C3CC3)nc(-c3ccc4c(c3)c(-c3c(C)noc3C)nn4C)c2C1.CC(Cl)Cl.Cc1noc(C)c1-c1nn(C)c2ccc(Br)cc12.Cc1noc(C)c1B1OC(C)(C)C(C)(C)O1.Cn1nc(I)c2cc(Br)ccc21.O=CO[O-].[H-].[K+].[K+]. The predicted molar refractivity (Wildman–Crippen MR) is 346 cm³/mol. The largest absolute Gasteiger partial charge is 1.00 e. The zero-order valence-electron chi connectivity index (χ0n) is 53.5. The van der Waals surface area contributed by atoms with Gasteiger partial charge in [0.2, 0.25) is 5.91 Å². The topological polar surface area (TPSA) is 237 Å². The number of carbonyl (C=O) groups is 2. The van der Waals surface area contributed by atoms with E-state index >= 15 is 0 Å². The van der Waals surface area contributed by atoms with E-state index < -0.39 is 0 Å². The van der Waals surface area contributed by atoms with Crippen LogP contribution in [0.1, 0.15) is 108 Å². The number of carbonyl (C=O) groups excluding carboxylic acids is 2. The first-order valence-electron chi connectivity index (χ1n) is 27.4. The molecule has 3 aliphatic rings. The number of fused-ring (bicyclic) bond motifs is 4. The second-order valence-electron chi connectivity index (χ2n) is 22.0. The molecule has 88 heavy (non-hydrogen) atoms. The molecule has 13 rings (SSSR count). The Hall–Kier alpha value is -2.66. The van der Waals surface area contributed by atoms with Crippen LogP contribution < -0.4 is 113 Å². The number of hydrogen-bond acceptors (Lipinski definition) is 16. The molecule has 458 valence electrons. The second kappa shape index (κ2) is 31.5. The van der Waals surface area contributed by atoms with E-state index in [-0.39, 0.29) is 140 Å². The molecule has 0 atom stereocenters. The summed E-state index contributed by atoms with van der Waals surface area (Å²) in [5, 5.41) is 37.5. The minimum absolute atomic E-state index is 0. The number of aryl methyl sites for hydroxylation is 9. The van der Waals surface area contributed by atoms with E-state index in [1.54, 1.807) is 13.8 Å². The van der Waals surface area contributed by atoms with Crippen LogP contribution in [0.2, 0.25) is 0 Å². The Morgan fingerprint density at radius 2 is 1.17 bits per heavy atom. The minimum atomic E-state index is -0.378. The van der Waals surface area contributed by atoms with E-state index in [0.717, 1.165) is 127 Å². The van der Waals surface area contributed by atoms with Crippen molar-refractivity contribution in [3.63, 3.8) is 0 Å². The van der Waals surface area contributed by atoms with Crippen molar-refractivity contribution < 1.29 is 147 Å². The summed E-state index contributed by atoms with van der Waals surface area (Å²) in [5.74, 6) is 4.16. The van der Waals surface area contributed by atoms with Crippen LogP contribution in [0.3, 0.4) is 0 Å². The van der Waals surface area contributed by atoms with Gasteiger partial charge in [0.05, 0.1) is 73.9 Å². The van der Waals surface area contributed by atoms with Crippen LogP contribution in [0.5, 0.6) is 0 Å². The summed E-state index contributed by atoms with van der Waals surface area (Å²) in [6.07, 6.45) is 2.40. The molecule has 0 N–H and O–H groups in total. The molecule has 1 aliphatic carbocycles. The van der Waals surface area contributed by atoms with Crippen molar-refractivity contribution in [1.29, 1.82) is 0 Å². The van der Waals surface area contributed by atoms with Gasteiger partial charge in [0, 0.05) is 83.2 Å². The smallest absolute Gasteiger partial charge is 1.00 e. The van der Waals surface area contributed by atoms with Gasteiger partial charge >= 0.3 is 110 Å². The summed E-state index contributed by atoms with van der Waals surface area (Å²) in [6, 6.07) is 18.7. The molecule has 21 nitrogen and oxygen atoms in total. The quantitative estimate of drug-likeness (QED) is 0.0434. The summed E-state index contributed by atoms with van der Waals surface area (Å²) >= 11 is 19.3. The fourth-order valence-electron chi connectivity index (χ4n) is 10.2. The number of benzene rings is 3. The fourth-order valence-corrected chi connectivity index (χ4v) is 11.7. The van der Waals surface area contributed by atoms with Crippen LogP contribution in [-0.4, -0.2) is 101 Å². The molecule has 29 heteroatoms. The second-order valence-corrected chi connectivity index (χ2v) is 26.4. The van der Waals surface area contributed by atoms with Crippen molar-refractivity contribution in [1.82, 2.24) is 59.3 Å². The van der Waals surface area contributed by atoms with Crippen LogP contribution in [0.25, 0.3) is 66.5 Å². The van der Waals surface area contributed by atoms with Gasteiger partial charge in [-0.15, -0.1) is 23.2 Å². The van der Waals surface area contributed by atoms with Gasteiger partial charge in [-0.25, -0.2) is 4.98 Å². The molecule has 1 saturated carbocycles. The Balaban J connectivity index is 0.000000217. The van der Waals surface area contributed by atoms with Crippen LogP contribution >= 0.6 is 77.7 Å². The Kier molecular flexibility index (Phi) is 26.6. The maximum Gasteiger partial charge on any atom is 1.00 e. The average molecular weight is 1540 g/mol. The molecular formula is C59H68BBr2Cl2IK2N12O9. The number of imidazole rings is 1. The Labute approximate surface area is 638 Å². The van der Waals surface area contributed by atoms with E-state index in [9.17, 15) is 4.79 Å². The average Bonchev–Trinajstić information content (AvgIpc) is 3.99. The molecule has 0 spiro atoms. The number of hydrogen-bond donors (Lipinski definition) is 0. The third-order valence-electron chi connectivity index (χ3n) is 15.3. The number of amides is 1. The minimum Gasteiger partial charge on any atom is -1.00 e. The zero-order chi connectivity index (χ0) is 62.9. The van der Waals surface area contributed by atoms with E-state index in [0.29, 0.717) is 12.5 Å². The first-order valence-corrected chi connectivity index (χ1v) is 31.0. The van der Waals surface area contributed by atoms with Crippen molar-refractivity contribution in [2.24, 2.45) is 21.1 Å². The van der Waals surface area contributed by atoms with Gasteiger partial charge in [-0.05, 0) is 160 Å². The molecule has 7 aromatic heterocycles. The van der Waals surface area contributed by atoms with Crippen LogP contribution in [-0.2, 0) is 58.0 Å². The zero-order valence-corrected chi connectivity index (χ0v) is 65.6. The number of alkyl halides is 2. The standard InChI is InChI=1S/C24H26N6O2.C13H12BrN3O.C11H18BNO3.C8H6BrIN2.C2H4Cl2.CH2O3.2K.H/c1-13-21(14(2)32-27-13)23-18-11-17(7-8-19(18)28(4)26-23)22-20-12-29(15(3)31)9-10-30(20)24(25-22)16-5-6-16;1-7-12(8(2)18-16-7)13-10-6-9(14)4-5-11(10)17(3)15-13;1-7-9(8(2)14-13-7)12-15-10(3,4)11(5,6)16-12;1-12-7-3-2-5(9)4-6(7)8(10)11-12;1-2(3)4;2-1-4-3;;;/h7-8,11,16H,5-6,9-10,12H2,1-4H3;4-6H,1-3H3;1-6H3;2-4H,1H3;2H,1H3;1,3H;;;/q;;;;;;2*+1;-1/p-1. The summed E-state index contributed by atoms with van der Waals surface area (Å²) in [4.78, 5) is 30.2. The molecule has 0 radical (unpaired) electrons. The Morgan fingerprint density at radius 3 is 1.61 bits per heavy atom. The summed E-state index contributed by atoms with van der Waals surface area (Å²) in [7, 11) is 5.48. The van der Waals surface area contributed by atoms with Gasteiger partial charge in [0.1, 0.15) is 43.0 Å². The van der Waals surface area contributed by atoms with Gasteiger partial charge in [-0.1, -0.05) is 53.4 Å². The van der Waals surface area contributed by atoms with Crippen LogP contribution in [0, 0.1) is 45.2 Å². The van der Waals surface area contributed by atoms with Crippen LogP contribution in [0.15, 0.2) is 77.1 Å². The summed E-state index contributed by atoms with van der Waals surface area (Å²) < 4.78 is 38.9. The van der Waals surface area contributed by atoms with E-state index in [2.05, 4.69) is 126 Å². The van der Waals surface area contributed by atoms with Crippen molar-refractivity contribution >= 4 is 135 Å². The number of halogens is 5. The summed E-state index contributed by atoms with van der Waals surface area (Å²) in [5.41, 5.74) is 13.0. The molecule has 1 amide bonds. The number of nitrogens with zero attached hydrogens (tertiary/aromatic N) is 12. The molecule has 1 saturated heterocycles. The first kappa shape index (κ1) is 74.4. The van der Waals surface area contributed by atoms with Crippen molar-refractivity contribution in [3.05, 3.63) is 113 Å². The van der Waals surface area contributed by atoms with Gasteiger partial charge < -0.3 is 43.9 Å². The Bertz CT molecular complexity index is 4030. The molecule has 0 unspecified atom stereocenters.